The zero-order chi connectivity index (χ0) is 22.9. The Labute approximate surface area is 195 Å². The molecular weight excluding hydrogens is 414 g/mol. The monoisotopic (exact) mass is 447 g/mol. The largest absolute Gasteiger partial charge is 0.391 e. The Balaban J connectivity index is 1.41. The Kier molecular flexibility index (Phi) is 6.38. The highest BCUT2D eigenvalue weighted by Crippen LogP contribution is 2.38. The molecule has 0 saturated carbocycles. The van der Waals surface area contributed by atoms with Crippen LogP contribution >= 0.6 is 0 Å². The predicted octanol–water partition coefficient (Wildman–Crippen LogP) is 3.80. The van der Waals surface area contributed by atoms with Crippen molar-refractivity contribution in [2.75, 3.05) is 19.8 Å². The van der Waals surface area contributed by atoms with Crippen molar-refractivity contribution < 1.29 is 14.6 Å². The summed E-state index contributed by atoms with van der Waals surface area (Å²) in [5, 5.41) is 19.5. The van der Waals surface area contributed by atoms with Crippen molar-refractivity contribution in [3.63, 3.8) is 0 Å². The number of nitrogens with zero attached hydrogens (tertiary/aromatic N) is 3. The number of Topliss-reactive ketones (excluding diaryl/α,β-unsaturated/α-hetero) is 1. The van der Waals surface area contributed by atoms with Gasteiger partial charge in [-0.15, -0.1) is 0 Å². The molecule has 0 aliphatic carbocycles. The highest BCUT2D eigenvalue weighted by molar-refractivity contribution is 5.99. The third kappa shape index (κ3) is 4.38. The van der Waals surface area contributed by atoms with Gasteiger partial charge in [0.25, 0.3) is 0 Å². The SMILES string of the molecule is Cc1c(C(=O)CN2C3CCC2[C@@H](O)C3)cc(CCC2CCOCC2)n1-c1ccc(C#N)cc1. The molecule has 6 heteroatoms. The molecule has 3 aliphatic heterocycles. The number of fused-ring (bicyclic) bond motifs is 2. The molecule has 6 nitrogen and oxygen atoms in total. The lowest BCUT2D eigenvalue weighted by Crippen LogP contribution is -2.36. The van der Waals surface area contributed by atoms with Crippen molar-refractivity contribution in [1.29, 1.82) is 5.26 Å². The van der Waals surface area contributed by atoms with Crippen molar-refractivity contribution >= 4 is 5.78 Å². The van der Waals surface area contributed by atoms with Crippen LogP contribution in [0.25, 0.3) is 5.69 Å². The van der Waals surface area contributed by atoms with E-state index in [0.29, 0.717) is 24.1 Å². The molecule has 1 aromatic carbocycles. The van der Waals surface area contributed by atoms with Crippen LogP contribution in [-0.2, 0) is 11.2 Å². The predicted molar refractivity (Wildman–Crippen MR) is 126 cm³/mol. The lowest BCUT2D eigenvalue weighted by Gasteiger charge is -2.22. The van der Waals surface area contributed by atoms with E-state index in [1.807, 2.05) is 31.2 Å². The van der Waals surface area contributed by atoms with Crippen molar-refractivity contribution in [3.05, 3.63) is 52.8 Å². The summed E-state index contributed by atoms with van der Waals surface area (Å²) in [5.74, 6) is 0.794. The Morgan fingerprint density at radius 2 is 1.94 bits per heavy atom. The van der Waals surface area contributed by atoms with Crippen molar-refractivity contribution in [3.8, 4) is 11.8 Å². The molecule has 0 amide bonds. The Morgan fingerprint density at radius 1 is 1.18 bits per heavy atom. The fraction of sp³-hybridized carbons (Fsp3) is 0.556. The van der Waals surface area contributed by atoms with Gasteiger partial charge in [0, 0.05) is 47.9 Å². The smallest absolute Gasteiger partial charge is 0.178 e. The maximum absolute atomic E-state index is 13.5. The second-order valence-corrected chi connectivity index (χ2v) is 9.92. The van der Waals surface area contributed by atoms with E-state index in [2.05, 4.69) is 21.6 Å². The average molecular weight is 448 g/mol. The van der Waals surface area contributed by atoms with E-state index in [4.69, 9.17) is 4.74 Å². The van der Waals surface area contributed by atoms with Gasteiger partial charge in [-0.25, -0.2) is 0 Å². The summed E-state index contributed by atoms with van der Waals surface area (Å²) in [6, 6.07) is 12.3. The summed E-state index contributed by atoms with van der Waals surface area (Å²) in [6.45, 7) is 4.09. The van der Waals surface area contributed by atoms with Gasteiger partial charge in [-0.2, -0.15) is 5.26 Å². The van der Waals surface area contributed by atoms with Crippen LogP contribution in [0.2, 0.25) is 0 Å². The molecule has 5 rings (SSSR count). The van der Waals surface area contributed by atoms with E-state index in [1.165, 1.54) is 0 Å². The van der Waals surface area contributed by atoms with E-state index in [-0.39, 0.29) is 17.9 Å². The van der Waals surface area contributed by atoms with E-state index in [1.54, 1.807) is 0 Å². The highest BCUT2D eigenvalue weighted by atomic mass is 16.5. The van der Waals surface area contributed by atoms with E-state index in [9.17, 15) is 15.2 Å². The van der Waals surface area contributed by atoms with Gasteiger partial charge >= 0.3 is 0 Å². The molecule has 0 spiro atoms. The van der Waals surface area contributed by atoms with Gasteiger partial charge in [0.1, 0.15) is 0 Å². The average Bonchev–Trinajstić information content (AvgIpc) is 3.48. The third-order valence-electron chi connectivity index (χ3n) is 8.00. The number of ketones is 1. The van der Waals surface area contributed by atoms with Crippen LogP contribution in [0.3, 0.4) is 0 Å². The Morgan fingerprint density at radius 3 is 2.58 bits per heavy atom. The molecular formula is C27H33N3O3. The normalized spacial score (nSPS) is 25.4. The number of rotatable bonds is 7. The molecule has 4 heterocycles. The quantitative estimate of drug-likeness (QED) is 0.653. The van der Waals surface area contributed by atoms with Crippen LogP contribution in [0.15, 0.2) is 30.3 Å². The number of aliphatic hydroxyl groups is 1. The molecule has 33 heavy (non-hydrogen) atoms. The second-order valence-electron chi connectivity index (χ2n) is 9.92. The molecule has 3 fully saturated rings. The lowest BCUT2D eigenvalue weighted by atomic mass is 9.94. The van der Waals surface area contributed by atoms with Crippen LogP contribution in [0.1, 0.15) is 65.8 Å². The number of ether oxygens (including phenoxy) is 1. The second kappa shape index (κ2) is 9.42. The maximum Gasteiger partial charge on any atom is 0.178 e. The topological polar surface area (TPSA) is 78.5 Å². The Bertz CT molecular complexity index is 1050. The zero-order valence-corrected chi connectivity index (χ0v) is 19.4. The van der Waals surface area contributed by atoms with Gasteiger partial charge in [0.05, 0.1) is 24.3 Å². The van der Waals surface area contributed by atoms with Gasteiger partial charge in [-0.1, -0.05) is 0 Å². The van der Waals surface area contributed by atoms with Gasteiger partial charge in [0.2, 0.25) is 0 Å². The van der Waals surface area contributed by atoms with E-state index >= 15 is 0 Å². The van der Waals surface area contributed by atoms with Gasteiger partial charge < -0.3 is 14.4 Å². The molecule has 174 valence electrons. The van der Waals surface area contributed by atoms with Crippen molar-refractivity contribution in [1.82, 2.24) is 9.47 Å². The van der Waals surface area contributed by atoms with Gasteiger partial charge in [0.15, 0.2) is 5.78 Å². The molecule has 1 aromatic heterocycles. The lowest BCUT2D eigenvalue weighted by molar-refractivity contribution is 0.0639. The molecule has 2 unspecified atom stereocenters. The molecule has 2 bridgehead atoms. The van der Waals surface area contributed by atoms with Crippen molar-refractivity contribution in [2.45, 2.75) is 70.1 Å². The summed E-state index contributed by atoms with van der Waals surface area (Å²) in [5.41, 5.74) is 4.51. The van der Waals surface area contributed by atoms with E-state index in [0.717, 1.165) is 80.8 Å². The number of nitriles is 1. The summed E-state index contributed by atoms with van der Waals surface area (Å²) >= 11 is 0. The fourth-order valence-corrected chi connectivity index (χ4v) is 6.13. The van der Waals surface area contributed by atoms with Crippen LogP contribution in [0, 0.1) is 24.2 Å². The minimum atomic E-state index is -0.295. The number of hydrogen-bond acceptors (Lipinski definition) is 5. The standard InChI is InChI=1S/C27H33N3O3/c1-18-24(27(32)17-29-22-8-9-25(29)26(31)15-22)14-23(7-2-19-10-12-33-13-11-19)30(18)21-5-3-20(16-28)4-6-21/h3-6,14,19,22,25-26,31H,2,7-13,15,17H2,1H3/t22?,25?,26-/m0/s1. The summed E-state index contributed by atoms with van der Waals surface area (Å²) in [4.78, 5) is 15.7. The molecule has 0 radical (unpaired) electrons. The number of hydrogen-bond donors (Lipinski definition) is 1. The summed E-state index contributed by atoms with van der Waals surface area (Å²) in [7, 11) is 0. The van der Waals surface area contributed by atoms with Crippen molar-refractivity contribution in [2.24, 2.45) is 5.92 Å². The minimum absolute atomic E-state index is 0.132. The van der Waals surface area contributed by atoms with Crippen LogP contribution in [0.4, 0.5) is 0 Å². The molecule has 1 N–H and O–H groups in total. The van der Waals surface area contributed by atoms with E-state index < -0.39 is 0 Å². The molecule has 2 aromatic rings. The molecule has 3 aliphatic rings. The number of benzene rings is 1. The van der Waals surface area contributed by atoms with Crippen LogP contribution in [0.5, 0.6) is 0 Å². The van der Waals surface area contributed by atoms with Gasteiger partial charge in [-0.05, 0) is 88.1 Å². The van der Waals surface area contributed by atoms with Gasteiger partial charge in [-0.3, -0.25) is 9.69 Å². The Hall–Kier alpha value is -2.46. The number of aromatic nitrogens is 1. The summed E-state index contributed by atoms with van der Waals surface area (Å²) in [6.07, 6.45) is 6.75. The zero-order valence-electron chi connectivity index (χ0n) is 19.4. The maximum atomic E-state index is 13.5. The highest BCUT2D eigenvalue weighted by Gasteiger charge is 2.46. The molecule has 3 saturated heterocycles. The summed E-state index contributed by atoms with van der Waals surface area (Å²) < 4.78 is 7.71. The number of carbonyl (C=O) groups excluding carboxylic acids is 1. The number of aryl methyl sites for hydroxylation is 1. The first-order chi connectivity index (χ1) is 16.0. The first-order valence-electron chi connectivity index (χ1n) is 12.3. The molecule has 3 atom stereocenters. The first kappa shape index (κ1) is 22.3. The fourth-order valence-electron chi connectivity index (χ4n) is 6.13. The minimum Gasteiger partial charge on any atom is -0.391 e. The van der Waals surface area contributed by atoms with Crippen LogP contribution < -0.4 is 0 Å². The van der Waals surface area contributed by atoms with Crippen LogP contribution in [-0.4, -0.2) is 58.3 Å². The third-order valence-corrected chi connectivity index (χ3v) is 8.00. The number of carbonyl (C=O) groups is 1. The number of aliphatic hydroxyl groups excluding tert-OH is 1. The first-order valence-corrected chi connectivity index (χ1v) is 12.3.